The number of rotatable bonds is 3. The summed E-state index contributed by atoms with van der Waals surface area (Å²) in [4.78, 5) is 12.0. The Morgan fingerprint density at radius 3 is 2.29 bits per heavy atom. The molecule has 1 aromatic rings. The molecule has 0 saturated heterocycles. The van der Waals surface area contributed by atoms with Crippen LogP contribution in [-0.4, -0.2) is 83.2 Å². The first kappa shape index (κ1) is 26.6. The van der Waals surface area contributed by atoms with Gasteiger partial charge in [-0.1, -0.05) is 33.3 Å². The number of carboxylic acid groups (broad SMARTS) is 1. The summed E-state index contributed by atoms with van der Waals surface area (Å²) in [5, 5.41) is 9.86. The van der Waals surface area contributed by atoms with E-state index in [4.69, 9.17) is 0 Å². The van der Waals surface area contributed by atoms with Crippen LogP contribution in [0.25, 0.3) is 0 Å². The number of hydrogen-bond donors (Lipinski definition) is 2. The van der Waals surface area contributed by atoms with Gasteiger partial charge in [-0.25, -0.2) is 0 Å². The van der Waals surface area contributed by atoms with Crippen molar-refractivity contribution in [3.05, 3.63) is 28.8 Å². The predicted octanol–water partition coefficient (Wildman–Crippen LogP) is 2.85. The molecule has 3 atom stereocenters. The molecule has 0 heterocycles. The Kier molecular flexibility index (Phi) is 8.55. The van der Waals surface area contributed by atoms with E-state index in [-0.39, 0.29) is 75.8 Å². The van der Waals surface area contributed by atoms with E-state index in [1.165, 1.54) is 0 Å². The summed E-state index contributed by atoms with van der Waals surface area (Å²) in [6.07, 6.45) is 3.80. The Hall–Kier alpha value is 0.600. The van der Waals surface area contributed by atoms with Crippen molar-refractivity contribution >= 4 is 75.2 Å². The zero-order valence-electron chi connectivity index (χ0n) is 15.9. The molecule has 8 heteroatoms. The Labute approximate surface area is 212 Å². The Morgan fingerprint density at radius 1 is 1.18 bits per heavy atom. The first-order chi connectivity index (χ1) is 11.9. The van der Waals surface area contributed by atoms with Crippen molar-refractivity contribution in [2.75, 3.05) is 0 Å². The molecule has 148 valence electrons. The van der Waals surface area contributed by atoms with Crippen LogP contribution in [-0.2, 0) is 26.7 Å². The van der Waals surface area contributed by atoms with Gasteiger partial charge in [0.25, 0.3) is 10.1 Å². The molecule has 0 amide bonds. The molecule has 5 nitrogen and oxygen atoms in total. The van der Waals surface area contributed by atoms with Gasteiger partial charge in [0.15, 0.2) is 0 Å². The minimum absolute atomic E-state index is 0. The number of carboxylic acids is 1. The van der Waals surface area contributed by atoms with Crippen LogP contribution in [0, 0.1) is 11.3 Å². The van der Waals surface area contributed by atoms with Gasteiger partial charge in [-0.2, -0.15) is 8.42 Å². The van der Waals surface area contributed by atoms with E-state index in [1.807, 2.05) is 26.8 Å². The maximum absolute atomic E-state index is 12.0. The Morgan fingerprint density at radius 2 is 1.79 bits per heavy atom. The third-order valence-electron chi connectivity index (χ3n) is 6.87. The second-order valence-electron chi connectivity index (χ2n) is 8.76. The number of benzene rings is 1. The van der Waals surface area contributed by atoms with Crippen molar-refractivity contribution in [1.82, 2.24) is 0 Å². The van der Waals surface area contributed by atoms with E-state index in [9.17, 15) is 22.9 Å². The van der Waals surface area contributed by atoms with Crippen molar-refractivity contribution in [2.24, 2.45) is 11.3 Å². The van der Waals surface area contributed by atoms with Gasteiger partial charge in [0.05, 0.1) is 10.3 Å². The Bertz CT molecular complexity index is 868. The molecule has 2 aliphatic carbocycles. The van der Waals surface area contributed by atoms with E-state index >= 15 is 0 Å². The van der Waals surface area contributed by atoms with Gasteiger partial charge < -0.3 is 5.11 Å². The summed E-state index contributed by atoms with van der Waals surface area (Å²) in [6.45, 7) is 7.71. The fraction of sp³-hybridized carbons (Fsp3) is 0.650. The molecule has 0 bridgehead atoms. The van der Waals surface area contributed by atoms with E-state index in [1.54, 1.807) is 6.07 Å². The molecule has 0 radical (unpaired) electrons. The molecule has 1 saturated carbocycles. The van der Waals surface area contributed by atoms with Crippen molar-refractivity contribution < 1.29 is 22.9 Å². The van der Waals surface area contributed by atoms with Crippen LogP contribution in [0.2, 0.25) is 0 Å². The zero-order chi connectivity index (χ0) is 19.5. The molecule has 0 spiro atoms. The second-order valence-corrected chi connectivity index (χ2v) is 10.2. The molecule has 3 unspecified atom stereocenters. The molecule has 0 aliphatic heterocycles. The van der Waals surface area contributed by atoms with Gasteiger partial charge in [0.2, 0.25) is 0 Å². The van der Waals surface area contributed by atoms with Gasteiger partial charge >= 0.3 is 65.1 Å². The fourth-order valence-corrected chi connectivity index (χ4v) is 6.31. The number of aliphatic carboxylic acids is 1. The van der Waals surface area contributed by atoms with Crippen molar-refractivity contribution in [3.63, 3.8) is 0 Å². The summed E-state index contributed by atoms with van der Waals surface area (Å²) >= 11 is 0. The van der Waals surface area contributed by atoms with Crippen LogP contribution in [0.15, 0.2) is 17.0 Å². The molecule has 2 aliphatic rings. The molecular weight excluding hydrogens is 398 g/mol. The quantitative estimate of drug-likeness (QED) is 0.571. The average Bonchev–Trinajstić information content (AvgIpc) is 2.52. The number of hydrogen-bond acceptors (Lipinski definition) is 3. The standard InChI is InChI=1S/C20H28O5S.2Na.2H/c1-12(2)14-10-13-6-7-17-19(3,8-5-9-20(17,4)18(21)22)15(13)11-16(14)26(23,24)25;;;;/h10-12,17H,5-9H2,1-4H3,(H,21,22)(H,23,24,25);;;;. The molecular formula is C20H30Na2O5S. The maximum atomic E-state index is 12.0. The van der Waals surface area contributed by atoms with Gasteiger partial charge in [-0.15, -0.1) is 0 Å². The Balaban J connectivity index is 0.00000196. The van der Waals surface area contributed by atoms with Gasteiger partial charge in [0.1, 0.15) is 0 Å². The van der Waals surface area contributed by atoms with E-state index in [2.05, 4.69) is 6.92 Å². The first-order valence-corrected chi connectivity index (χ1v) is 10.7. The van der Waals surface area contributed by atoms with E-state index < -0.39 is 26.9 Å². The molecule has 2 N–H and O–H groups in total. The zero-order valence-corrected chi connectivity index (χ0v) is 16.7. The normalized spacial score (nSPS) is 29.1. The molecule has 3 rings (SSSR count). The van der Waals surface area contributed by atoms with Crippen molar-refractivity contribution in [3.8, 4) is 0 Å². The van der Waals surface area contributed by atoms with Gasteiger partial charge in [-0.05, 0) is 72.6 Å². The van der Waals surface area contributed by atoms with Crippen LogP contribution in [0.4, 0.5) is 0 Å². The summed E-state index contributed by atoms with van der Waals surface area (Å²) in [5.74, 6) is -0.850. The molecule has 1 fully saturated rings. The number of carbonyl (C=O) groups is 1. The van der Waals surface area contributed by atoms with Crippen molar-refractivity contribution in [1.29, 1.82) is 0 Å². The topological polar surface area (TPSA) is 91.7 Å². The number of aryl methyl sites for hydroxylation is 1. The van der Waals surface area contributed by atoms with Gasteiger partial charge in [0, 0.05) is 0 Å². The van der Waals surface area contributed by atoms with Crippen LogP contribution < -0.4 is 0 Å². The molecule has 0 aromatic heterocycles. The van der Waals surface area contributed by atoms with Crippen LogP contribution in [0.1, 0.15) is 76.0 Å². The van der Waals surface area contributed by atoms with E-state index in [0.29, 0.717) is 12.0 Å². The van der Waals surface area contributed by atoms with Crippen LogP contribution in [0.3, 0.4) is 0 Å². The summed E-state index contributed by atoms with van der Waals surface area (Å²) in [7, 11) is -4.34. The average molecular weight is 429 g/mol. The second kappa shape index (κ2) is 8.99. The van der Waals surface area contributed by atoms with Gasteiger partial charge in [-0.3, -0.25) is 9.35 Å². The first-order valence-electron chi connectivity index (χ1n) is 9.29. The summed E-state index contributed by atoms with van der Waals surface area (Å²) in [5.41, 5.74) is 1.42. The summed E-state index contributed by atoms with van der Waals surface area (Å²) in [6, 6.07) is 3.54. The summed E-state index contributed by atoms with van der Waals surface area (Å²) < 4.78 is 33.8. The van der Waals surface area contributed by atoms with E-state index in [0.717, 1.165) is 36.8 Å². The van der Waals surface area contributed by atoms with Crippen molar-refractivity contribution in [2.45, 2.75) is 76.0 Å². The monoisotopic (exact) mass is 428 g/mol. The molecule has 1 aromatic carbocycles. The third-order valence-corrected chi connectivity index (χ3v) is 7.78. The van der Waals surface area contributed by atoms with Crippen LogP contribution >= 0.6 is 0 Å². The minimum atomic E-state index is -4.34. The predicted molar refractivity (Wildman–Crippen MR) is 113 cm³/mol. The fourth-order valence-electron chi connectivity index (χ4n) is 5.45. The third kappa shape index (κ3) is 4.31. The SMILES string of the molecule is CC(C)c1cc2c(cc1S(=O)(=O)O)C1(C)CCCC(C)(C(=O)O)C1CC2.[NaH].[NaH]. The van der Waals surface area contributed by atoms with Crippen LogP contribution in [0.5, 0.6) is 0 Å². The molecule has 28 heavy (non-hydrogen) atoms. The number of fused-ring (bicyclic) bond motifs is 3.